The normalized spacial score (nSPS) is 11.7. The SMILES string of the molecule is c1ccc2cc(-c3cc(-c4ccc(-c5nc6ccccc6c6ccccc56)nc4)c4cc(-c5ccc6ccccc6c5)c5ccccc5c4n3)ccc2c1. The van der Waals surface area contributed by atoms with Gasteiger partial charge in [-0.05, 0) is 85.4 Å². The topological polar surface area (TPSA) is 38.7 Å². The van der Waals surface area contributed by atoms with Gasteiger partial charge in [0.15, 0.2) is 0 Å². The molecular weight excluding hydrogens is 655 g/mol. The van der Waals surface area contributed by atoms with E-state index >= 15 is 0 Å². The standard InChI is InChI=1S/C51H31N3/c1-3-13-34-27-36(23-21-32(34)11-1)44-29-46-45(38-25-26-48(52-31-38)51-43-19-8-5-15-39(43)41-17-9-10-20-47(41)53-51)30-49(54-50(46)42-18-7-6-16-40(42)44)37-24-22-33-12-2-4-14-35(33)28-37/h1-31H. The maximum atomic E-state index is 5.45. The monoisotopic (exact) mass is 685 g/mol. The van der Waals surface area contributed by atoms with Gasteiger partial charge in [-0.3, -0.25) is 4.98 Å². The molecule has 0 aliphatic carbocycles. The van der Waals surface area contributed by atoms with Gasteiger partial charge in [0.2, 0.25) is 0 Å². The van der Waals surface area contributed by atoms with Crippen LogP contribution in [0.5, 0.6) is 0 Å². The smallest absolute Gasteiger partial charge is 0.0972 e. The summed E-state index contributed by atoms with van der Waals surface area (Å²) in [4.78, 5) is 15.7. The van der Waals surface area contributed by atoms with Crippen molar-refractivity contribution in [3.63, 3.8) is 0 Å². The van der Waals surface area contributed by atoms with Gasteiger partial charge in [-0.1, -0.05) is 146 Å². The van der Waals surface area contributed by atoms with Crippen molar-refractivity contribution in [2.75, 3.05) is 0 Å². The Bertz CT molecular complexity index is 3270. The molecule has 0 amide bonds. The van der Waals surface area contributed by atoms with Gasteiger partial charge in [0.05, 0.1) is 28.1 Å². The number of benzene rings is 8. The van der Waals surface area contributed by atoms with Crippen LogP contribution >= 0.6 is 0 Å². The first-order chi connectivity index (χ1) is 26.7. The van der Waals surface area contributed by atoms with Gasteiger partial charge in [0.25, 0.3) is 0 Å². The molecule has 0 atom stereocenters. The van der Waals surface area contributed by atoms with Crippen molar-refractivity contribution in [3.05, 3.63) is 188 Å². The average Bonchev–Trinajstić information content (AvgIpc) is 3.25. The molecule has 0 spiro atoms. The van der Waals surface area contributed by atoms with Crippen molar-refractivity contribution in [2.24, 2.45) is 0 Å². The quantitative estimate of drug-likeness (QED) is 0.173. The molecule has 0 fully saturated rings. The lowest BCUT2D eigenvalue weighted by Gasteiger charge is -2.16. The van der Waals surface area contributed by atoms with E-state index in [9.17, 15) is 0 Å². The first-order valence-corrected chi connectivity index (χ1v) is 18.3. The zero-order valence-corrected chi connectivity index (χ0v) is 29.2. The number of para-hydroxylation sites is 1. The largest absolute Gasteiger partial charge is 0.254 e. The van der Waals surface area contributed by atoms with E-state index in [1.54, 1.807) is 0 Å². The molecule has 0 unspecified atom stereocenters. The highest BCUT2D eigenvalue weighted by atomic mass is 14.8. The van der Waals surface area contributed by atoms with Crippen LogP contribution in [-0.4, -0.2) is 15.0 Å². The highest BCUT2D eigenvalue weighted by molar-refractivity contribution is 6.17. The van der Waals surface area contributed by atoms with Crippen LogP contribution in [0.25, 0.3) is 110 Å². The third-order valence-electron chi connectivity index (χ3n) is 10.9. The van der Waals surface area contributed by atoms with Gasteiger partial charge in [-0.15, -0.1) is 0 Å². The van der Waals surface area contributed by atoms with Crippen LogP contribution in [0.15, 0.2) is 188 Å². The van der Waals surface area contributed by atoms with E-state index in [1.165, 1.54) is 43.4 Å². The summed E-state index contributed by atoms with van der Waals surface area (Å²) in [5.74, 6) is 0. The summed E-state index contributed by atoms with van der Waals surface area (Å²) < 4.78 is 0. The van der Waals surface area contributed by atoms with Crippen LogP contribution < -0.4 is 0 Å². The summed E-state index contributed by atoms with van der Waals surface area (Å²) in [6, 6.07) is 64.8. The maximum Gasteiger partial charge on any atom is 0.0972 e. The molecule has 0 saturated carbocycles. The van der Waals surface area contributed by atoms with Crippen LogP contribution in [0.2, 0.25) is 0 Å². The number of rotatable bonds is 4. The molecule has 250 valence electrons. The Morgan fingerprint density at radius 1 is 0.315 bits per heavy atom. The van der Waals surface area contributed by atoms with E-state index in [1.807, 2.05) is 12.3 Å². The fourth-order valence-electron chi connectivity index (χ4n) is 8.18. The molecule has 3 aromatic heterocycles. The minimum absolute atomic E-state index is 0.844. The zero-order chi connectivity index (χ0) is 35.6. The lowest BCUT2D eigenvalue weighted by Crippen LogP contribution is -1.95. The molecule has 54 heavy (non-hydrogen) atoms. The second-order valence-corrected chi connectivity index (χ2v) is 14.0. The molecular formula is C51H31N3. The number of hydrogen-bond acceptors (Lipinski definition) is 3. The minimum Gasteiger partial charge on any atom is -0.254 e. The Kier molecular flexibility index (Phi) is 6.86. The number of hydrogen-bond donors (Lipinski definition) is 0. The Hall–Kier alpha value is -7.23. The summed E-state index contributed by atoms with van der Waals surface area (Å²) in [7, 11) is 0. The number of nitrogens with zero attached hydrogens (tertiary/aromatic N) is 3. The van der Waals surface area contributed by atoms with Crippen LogP contribution in [0, 0.1) is 0 Å². The van der Waals surface area contributed by atoms with E-state index in [2.05, 4.69) is 176 Å². The second-order valence-electron chi connectivity index (χ2n) is 14.0. The first-order valence-electron chi connectivity index (χ1n) is 18.3. The maximum absolute atomic E-state index is 5.45. The number of pyridine rings is 3. The molecule has 11 rings (SSSR count). The van der Waals surface area contributed by atoms with Crippen LogP contribution in [-0.2, 0) is 0 Å². The second kappa shape index (κ2) is 12.2. The van der Waals surface area contributed by atoms with Gasteiger partial charge in [-0.25, -0.2) is 9.97 Å². The summed E-state index contributed by atoms with van der Waals surface area (Å²) in [5, 5.41) is 11.7. The predicted molar refractivity (Wildman–Crippen MR) is 227 cm³/mol. The Labute approximate surface area is 311 Å². The van der Waals surface area contributed by atoms with Crippen molar-refractivity contribution in [1.29, 1.82) is 0 Å². The summed E-state index contributed by atoms with van der Waals surface area (Å²) in [5.41, 5.74) is 10.2. The molecule has 0 bridgehead atoms. The fraction of sp³-hybridized carbons (Fsp3) is 0. The summed E-state index contributed by atoms with van der Waals surface area (Å²) >= 11 is 0. The Morgan fingerprint density at radius 3 is 1.63 bits per heavy atom. The van der Waals surface area contributed by atoms with E-state index in [-0.39, 0.29) is 0 Å². The van der Waals surface area contributed by atoms with E-state index in [0.29, 0.717) is 0 Å². The van der Waals surface area contributed by atoms with Crippen LogP contribution in [0.4, 0.5) is 0 Å². The summed E-state index contributed by atoms with van der Waals surface area (Å²) in [6.45, 7) is 0. The molecule has 0 N–H and O–H groups in total. The molecule has 0 aliphatic rings. The molecule has 3 heterocycles. The van der Waals surface area contributed by atoms with Crippen molar-refractivity contribution in [2.45, 2.75) is 0 Å². The van der Waals surface area contributed by atoms with Crippen LogP contribution in [0.3, 0.4) is 0 Å². The van der Waals surface area contributed by atoms with Crippen molar-refractivity contribution in [1.82, 2.24) is 15.0 Å². The van der Waals surface area contributed by atoms with Gasteiger partial charge < -0.3 is 0 Å². The van der Waals surface area contributed by atoms with E-state index in [4.69, 9.17) is 15.0 Å². The third-order valence-corrected chi connectivity index (χ3v) is 10.9. The van der Waals surface area contributed by atoms with E-state index < -0.39 is 0 Å². The van der Waals surface area contributed by atoms with Gasteiger partial charge in [0, 0.05) is 38.9 Å². The van der Waals surface area contributed by atoms with Crippen molar-refractivity contribution < 1.29 is 0 Å². The highest BCUT2D eigenvalue weighted by Crippen LogP contribution is 2.41. The van der Waals surface area contributed by atoms with Gasteiger partial charge in [0.1, 0.15) is 0 Å². The highest BCUT2D eigenvalue weighted by Gasteiger charge is 2.18. The Balaban J connectivity index is 1.16. The number of aromatic nitrogens is 3. The summed E-state index contributed by atoms with van der Waals surface area (Å²) in [6.07, 6.45) is 2.00. The molecule has 11 aromatic rings. The van der Waals surface area contributed by atoms with Gasteiger partial charge >= 0.3 is 0 Å². The predicted octanol–water partition coefficient (Wildman–Crippen LogP) is 13.5. The molecule has 0 saturated heterocycles. The molecule has 0 radical (unpaired) electrons. The van der Waals surface area contributed by atoms with Crippen molar-refractivity contribution in [3.8, 4) is 44.9 Å². The fourth-order valence-corrected chi connectivity index (χ4v) is 8.18. The van der Waals surface area contributed by atoms with Crippen molar-refractivity contribution >= 4 is 64.9 Å². The number of fused-ring (bicyclic) bond motifs is 8. The lowest BCUT2D eigenvalue weighted by molar-refractivity contribution is 1.29. The third kappa shape index (κ3) is 4.94. The zero-order valence-electron chi connectivity index (χ0n) is 29.2. The molecule has 3 heteroatoms. The van der Waals surface area contributed by atoms with Crippen LogP contribution in [0.1, 0.15) is 0 Å². The minimum atomic E-state index is 0.844. The lowest BCUT2D eigenvalue weighted by atomic mass is 9.90. The van der Waals surface area contributed by atoms with Gasteiger partial charge in [-0.2, -0.15) is 0 Å². The molecule has 3 nitrogen and oxygen atoms in total. The first kappa shape index (κ1) is 30.4. The van der Waals surface area contributed by atoms with E-state index in [0.717, 1.165) is 66.4 Å². The average molecular weight is 686 g/mol. The molecule has 0 aliphatic heterocycles. The Morgan fingerprint density at radius 2 is 0.889 bits per heavy atom. The molecule has 8 aromatic carbocycles.